The quantitative estimate of drug-likeness (QED) is 0.590. The van der Waals surface area contributed by atoms with E-state index in [2.05, 4.69) is 39.6 Å². The van der Waals surface area contributed by atoms with Crippen molar-refractivity contribution in [3.05, 3.63) is 36.5 Å². The van der Waals surface area contributed by atoms with Gasteiger partial charge in [-0.05, 0) is 50.9 Å². The van der Waals surface area contributed by atoms with Crippen molar-refractivity contribution in [3.63, 3.8) is 0 Å². The number of benzene rings is 1. The average molecular weight is 463 g/mol. The van der Waals surface area contributed by atoms with Gasteiger partial charge in [-0.25, -0.2) is 4.99 Å². The van der Waals surface area contributed by atoms with Crippen molar-refractivity contribution in [1.82, 2.24) is 20.5 Å². The van der Waals surface area contributed by atoms with E-state index in [0.717, 1.165) is 48.1 Å². The first kappa shape index (κ1) is 23.1. The number of aromatic nitrogens is 1. The van der Waals surface area contributed by atoms with Crippen LogP contribution in [0, 0.1) is 0 Å². The summed E-state index contributed by atoms with van der Waals surface area (Å²) in [5.74, 6) is 1.49. The largest absolute Gasteiger partial charge is 0.353 e. The van der Waals surface area contributed by atoms with Crippen LogP contribution in [0.15, 0.2) is 46.5 Å². The van der Waals surface area contributed by atoms with Gasteiger partial charge in [-0.3, -0.25) is 30.8 Å². The van der Waals surface area contributed by atoms with Gasteiger partial charge in [0.05, 0.1) is 23.9 Å². The van der Waals surface area contributed by atoms with Gasteiger partial charge in [-0.2, -0.15) is 0 Å². The second-order valence-electron chi connectivity index (χ2n) is 9.69. The van der Waals surface area contributed by atoms with Crippen LogP contribution in [0.5, 0.6) is 0 Å². The molecule has 2 aliphatic heterocycles. The van der Waals surface area contributed by atoms with Crippen molar-refractivity contribution in [2.24, 2.45) is 15.7 Å². The molecule has 3 heterocycles. The van der Waals surface area contributed by atoms with Crippen LogP contribution in [0.2, 0.25) is 0 Å². The molecule has 0 spiro atoms. The molecule has 8 nitrogen and oxygen atoms in total. The van der Waals surface area contributed by atoms with Gasteiger partial charge in [-0.15, -0.1) is 0 Å². The molecule has 8 heteroatoms. The molecule has 1 aromatic carbocycles. The zero-order valence-corrected chi connectivity index (χ0v) is 20.3. The molecule has 182 valence electrons. The number of nitrogens with two attached hydrogens (primary N) is 1. The van der Waals surface area contributed by atoms with Crippen LogP contribution in [0.3, 0.4) is 0 Å². The first-order valence-corrected chi connectivity index (χ1v) is 13.0. The second-order valence-corrected chi connectivity index (χ2v) is 9.69. The Morgan fingerprint density at radius 1 is 1.12 bits per heavy atom. The molecule has 34 heavy (non-hydrogen) atoms. The molecule has 0 bridgehead atoms. The van der Waals surface area contributed by atoms with Gasteiger partial charge in [0.1, 0.15) is 0 Å². The molecule has 0 amide bonds. The van der Waals surface area contributed by atoms with Crippen LogP contribution < -0.4 is 21.3 Å². The molecular formula is C26H38N8. The van der Waals surface area contributed by atoms with Crippen LogP contribution in [0.1, 0.15) is 58.3 Å². The molecule has 1 aromatic heterocycles. The number of para-hydroxylation sites is 1. The summed E-state index contributed by atoms with van der Waals surface area (Å²) in [5, 5.41) is 8.20. The number of fused-ring (bicyclic) bond motifs is 1. The lowest BCUT2D eigenvalue weighted by Gasteiger charge is -2.35. The fourth-order valence-electron chi connectivity index (χ4n) is 5.50. The first-order valence-electron chi connectivity index (χ1n) is 13.0. The SMILES string of the molecule is CCN1CCCC1CN=C1NC(NC2CCCCCC2)=NC(N)N1c1cnc2ccccc2c1. The van der Waals surface area contributed by atoms with Gasteiger partial charge in [0.25, 0.3) is 0 Å². The van der Waals surface area contributed by atoms with Crippen molar-refractivity contribution in [3.8, 4) is 0 Å². The van der Waals surface area contributed by atoms with Crippen molar-refractivity contribution in [2.75, 3.05) is 24.5 Å². The molecular weight excluding hydrogens is 424 g/mol. The topological polar surface area (TPSA) is 94.2 Å². The Hall–Kier alpha value is -2.71. The van der Waals surface area contributed by atoms with E-state index < -0.39 is 6.29 Å². The molecule has 1 saturated carbocycles. The molecule has 1 aliphatic carbocycles. The molecule has 0 radical (unpaired) electrons. The third kappa shape index (κ3) is 5.18. The lowest BCUT2D eigenvalue weighted by molar-refractivity contribution is 0.273. The Morgan fingerprint density at radius 2 is 1.94 bits per heavy atom. The van der Waals surface area contributed by atoms with Gasteiger partial charge in [-0.1, -0.05) is 50.8 Å². The monoisotopic (exact) mass is 462 g/mol. The van der Waals surface area contributed by atoms with E-state index in [9.17, 15) is 0 Å². The summed E-state index contributed by atoms with van der Waals surface area (Å²) in [5.41, 5.74) is 8.51. The smallest absolute Gasteiger partial charge is 0.208 e. The van der Waals surface area contributed by atoms with Gasteiger partial charge >= 0.3 is 0 Å². The number of aliphatic imine (C=N–C) groups is 2. The van der Waals surface area contributed by atoms with Gasteiger partial charge in [0.2, 0.25) is 11.9 Å². The van der Waals surface area contributed by atoms with Crippen molar-refractivity contribution >= 4 is 28.5 Å². The molecule has 2 fully saturated rings. The van der Waals surface area contributed by atoms with Crippen LogP contribution >= 0.6 is 0 Å². The highest BCUT2D eigenvalue weighted by molar-refractivity contribution is 6.09. The van der Waals surface area contributed by atoms with Crippen LogP contribution in [0.25, 0.3) is 10.9 Å². The zero-order chi connectivity index (χ0) is 23.3. The number of likely N-dealkylation sites (tertiary alicyclic amines) is 1. The predicted octanol–water partition coefficient (Wildman–Crippen LogP) is 3.40. The molecule has 2 aromatic rings. The highest BCUT2D eigenvalue weighted by atomic mass is 15.5. The summed E-state index contributed by atoms with van der Waals surface area (Å²) in [7, 11) is 0. The molecule has 5 rings (SSSR count). The third-order valence-corrected chi connectivity index (χ3v) is 7.39. The first-order chi connectivity index (χ1) is 16.7. The minimum Gasteiger partial charge on any atom is -0.353 e. The minimum atomic E-state index is -0.568. The Bertz CT molecular complexity index is 1030. The molecule has 1 saturated heterocycles. The predicted molar refractivity (Wildman–Crippen MR) is 140 cm³/mol. The molecule has 3 aliphatic rings. The standard InChI is InChI=1S/C26H38N8/c1-2-33-15-9-13-21(33)17-29-26-32-25(30-20-11-5-3-4-6-12-20)31-24(27)34(26)22-16-19-10-7-8-14-23(19)28-18-22/h7-8,10,14,16,18,20-21,24H,2-6,9,11-13,15,17,27H2,1H3,(H2,29,30,31,32). The fraction of sp³-hybridized carbons (Fsp3) is 0.577. The summed E-state index contributed by atoms with van der Waals surface area (Å²) in [6, 6.07) is 11.2. The Kier molecular flexibility index (Phi) is 7.25. The number of guanidine groups is 2. The summed E-state index contributed by atoms with van der Waals surface area (Å²) in [6.07, 6.45) is 11.3. The van der Waals surface area contributed by atoms with E-state index in [1.54, 1.807) is 0 Å². The Balaban J connectivity index is 1.42. The van der Waals surface area contributed by atoms with Crippen molar-refractivity contribution in [2.45, 2.75) is 76.7 Å². The normalized spacial score (nSPS) is 25.9. The van der Waals surface area contributed by atoms with Crippen molar-refractivity contribution < 1.29 is 0 Å². The Labute approximate surface area is 202 Å². The number of hydrogen-bond donors (Lipinski definition) is 3. The number of likely N-dealkylation sites (N-methyl/N-ethyl adjacent to an activating group) is 1. The zero-order valence-electron chi connectivity index (χ0n) is 20.3. The summed E-state index contributed by atoms with van der Waals surface area (Å²) < 4.78 is 0. The molecule has 2 atom stereocenters. The maximum Gasteiger partial charge on any atom is 0.208 e. The minimum absolute atomic E-state index is 0.432. The lowest BCUT2D eigenvalue weighted by atomic mass is 10.1. The number of hydrogen-bond acceptors (Lipinski definition) is 6. The van der Waals surface area contributed by atoms with Crippen LogP contribution in [0.4, 0.5) is 5.69 Å². The lowest BCUT2D eigenvalue weighted by Crippen LogP contribution is -2.61. The van der Waals surface area contributed by atoms with E-state index in [-0.39, 0.29) is 0 Å². The average Bonchev–Trinajstić information content (AvgIpc) is 3.16. The Morgan fingerprint density at radius 3 is 2.76 bits per heavy atom. The summed E-state index contributed by atoms with van der Waals surface area (Å²) in [4.78, 5) is 19.0. The fourth-order valence-corrected chi connectivity index (χ4v) is 5.50. The van der Waals surface area contributed by atoms with E-state index in [0.29, 0.717) is 12.1 Å². The van der Waals surface area contributed by atoms with Crippen LogP contribution in [-0.2, 0) is 0 Å². The highest BCUT2D eigenvalue weighted by Gasteiger charge is 2.30. The van der Waals surface area contributed by atoms with Gasteiger partial charge < -0.3 is 5.32 Å². The number of nitrogens with zero attached hydrogens (tertiary/aromatic N) is 5. The third-order valence-electron chi connectivity index (χ3n) is 7.39. The highest BCUT2D eigenvalue weighted by Crippen LogP contribution is 2.24. The van der Waals surface area contributed by atoms with Crippen molar-refractivity contribution in [1.29, 1.82) is 0 Å². The van der Waals surface area contributed by atoms with E-state index in [1.807, 2.05) is 29.3 Å². The summed E-state index contributed by atoms with van der Waals surface area (Å²) >= 11 is 0. The number of nitrogens with one attached hydrogen (secondary N) is 2. The number of pyridine rings is 1. The van der Waals surface area contributed by atoms with E-state index >= 15 is 0 Å². The maximum atomic E-state index is 6.65. The van der Waals surface area contributed by atoms with Crippen LogP contribution in [-0.4, -0.2) is 59.8 Å². The molecule has 2 unspecified atom stereocenters. The summed E-state index contributed by atoms with van der Waals surface area (Å²) in [6.45, 7) is 5.20. The van der Waals surface area contributed by atoms with E-state index in [1.165, 1.54) is 51.4 Å². The molecule has 4 N–H and O–H groups in total. The van der Waals surface area contributed by atoms with E-state index in [4.69, 9.17) is 15.7 Å². The van der Waals surface area contributed by atoms with Gasteiger partial charge in [0.15, 0.2) is 6.29 Å². The number of anilines is 1. The number of rotatable bonds is 5. The second kappa shape index (κ2) is 10.7. The van der Waals surface area contributed by atoms with Gasteiger partial charge in [0, 0.05) is 17.5 Å². The maximum absolute atomic E-state index is 6.65.